The highest BCUT2D eigenvalue weighted by atomic mass is 35.5. The summed E-state index contributed by atoms with van der Waals surface area (Å²) < 4.78 is 28.2. The fourth-order valence-corrected chi connectivity index (χ4v) is 5.94. The van der Waals surface area contributed by atoms with Crippen molar-refractivity contribution in [3.63, 3.8) is 0 Å². The highest BCUT2D eigenvalue weighted by Gasteiger charge is 2.15. The van der Waals surface area contributed by atoms with Gasteiger partial charge in [-0.05, 0) is 65.2 Å². The maximum atomic E-state index is 12.8. The van der Waals surface area contributed by atoms with Crippen molar-refractivity contribution in [3.05, 3.63) is 128 Å². The molecule has 0 bridgehead atoms. The minimum absolute atomic E-state index is 0.128. The zero-order chi connectivity index (χ0) is 30.7. The van der Waals surface area contributed by atoms with E-state index in [1.807, 2.05) is 42.5 Å². The number of nitrogens with one attached hydrogen (secondary N) is 3. The van der Waals surface area contributed by atoms with Crippen LogP contribution in [0.3, 0.4) is 0 Å². The van der Waals surface area contributed by atoms with Crippen LogP contribution in [-0.4, -0.2) is 44.5 Å². The molecule has 0 spiro atoms. The molecule has 0 unspecified atom stereocenters. The Balaban J connectivity index is 1.33. The maximum absolute atomic E-state index is 12.8. The van der Waals surface area contributed by atoms with Crippen molar-refractivity contribution in [2.45, 2.75) is 31.1 Å². The van der Waals surface area contributed by atoms with Crippen LogP contribution in [0.2, 0.25) is 20.1 Å². The molecule has 43 heavy (non-hydrogen) atoms. The van der Waals surface area contributed by atoms with Crippen LogP contribution in [0.1, 0.15) is 22.4 Å². The summed E-state index contributed by atoms with van der Waals surface area (Å²) in [6.45, 7) is 5.17. The number of hydrogen-bond donors (Lipinski definition) is 3. The molecule has 3 aromatic carbocycles. The number of hydrogen-bond acceptors (Lipinski definition) is 6. The van der Waals surface area contributed by atoms with E-state index in [9.17, 15) is 8.42 Å². The molecule has 0 amide bonds. The highest BCUT2D eigenvalue weighted by molar-refractivity contribution is 7.89. The second-order valence-corrected chi connectivity index (χ2v) is 13.3. The van der Waals surface area contributed by atoms with Gasteiger partial charge < -0.3 is 10.6 Å². The van der Waals surface area contributed by atoms with Crippen molar-refractivity contribution < 1.29 is 8.42 Å². The van der Waals surface area contributed by atoms with E-state index in [-0.39, 0.29) is 11.4 Å². The first-order valence-electron chi connectivity index (χ1n) is 13.7. The Kier molecular flexibility index (Phi) is 13.1. The van der Waals surface area contributed by atoms with Gasteiger partial charge >= 0.3 is 0 Å². The van der Waals surface area contributed by atoms with Gasteiger partial charge in [-0.3, -0.25) is 9.88 Å². The van der Waals surface area contributed by atoms with Gasteiger partial charge in [0.1, 0.15) is 0 Å². The molecule has 0 saturated heterocycles. The van der Waals surface area contributed by atoms with E-state index in [0.717, 1.165) is 42.9 Å². The smallest absolute Gasteiger partial charge is 0.240 e. The molecule has 1 heterocycles. The van der Waals surface area contributed by atoms with Crippen LogP contribution in [-0.2, 0) is 36.2 Å². The fourth-order valence-electron chi connectivity index (χ4n) is 4.30. The predicted octanol–water partition coefficient (Wildman–Crippen LogP) is 6.56. The first kappa shape index (κ1) is 33.6. The van der Waals surface area contributed by atoms with E-state index in [4.69, 9.17) is 46.4 Å². The number of halogens is 4. The molecule has 12 heteroatoms. The number of nitrogens with zero attached hydrogens (tertiary/aromatic N) is 2. The molecule has 0 atom stereocenters. The summed E-state index contributed by atoms with van der Waals surface area (Å²) in [6.07, 6.45) is 1.63. The van der Waals surface area contributed by atoms with Crippen LogP contribution in [0.5, 0.6) is 0 Å². The number of aromatic nitrogens is 1. The Bertz CT molecular complexity index is 1520. The number of pyridine rings is 1. The quantitative estimate of drug-likeness (QED) is 0.116. The lowest BCUT2D eigenvalue weighted by atomic mass is 10.2. The lowest BCUT2D eigenvalue weighted by molar-refractivity contribution is 0.264. The van der Waals surface area contributed by atoms with E-state index >= 15 is 0 Å². The average molecular weight is 682 g/mol. The summed E-state index contributed by atoms with van der Waals surface area (Å²) >= 11 is 24.4. The summed E-state index contributed by atoms with van der Waals surface area (Å²) in [5, 5.41) is 9.07. The van der Waals surface area contributed by atoms with Gasteiger partial charge in [0.15, 0.2) is 0 Å². The molecule has 0 saturated carbocycles. The normalized spacial score (nSPS) is 11.7. The molecular formula is C31H33Cl4N5O2S. The number of sulfonamides is 1. The Hall–Kier alpha value is -2.24. The molecule has 0 aliphatic rings. The molecule has 0 aliphatic carbocycles. The molecule has 4 rings (SSSR count). The lowest BCUT2D eigenvalue weighted by Gasteiger charge is -2.23. The summed E-state index contributed by atoms with van der Waals surface area (Å²) in [6, 6.07) is 23.6. The van der Waals surface area contributed by atoms with Gasteiger partial charge in [0, 0.05) is 52.0 Å². The van der Waals surface area contributed by atoms with Gasteiger partial charge in [0.2, 0.25) is 10.0 Å². The third kappa shape index (κ3) is 11.0. The lowest BCUT2D eigenvalue weighted by Crippen LogP contribution is -2.36. The van der Waals surface area contributed by atoms with Crippen molar-refractivity contribution in [1.29, 1.82) is 0 Å². The molecule has 228 valence electrons. The zero-order valence-electron chi connectivity index (χ0n) is 23.4. The SMILES string of the molecule is O=S(=O)(NCc1ccccn1)c1ccc(CN(CCNCc2ccc(Cl)c(Cl)c2)CCNCc2ccc(Cl)c(Cl)c2)cc1. The summed E-state index contributed by atoms with van der Waals surface area (Å²) in [5.74, 6) is 0. The third-order valence-electron chi connectivity index (χ3n) is 6.65. The van der Waals surface area contributed by atoms with Crippen LogP contribution >= 0.6 is 46.4 Å². The first-order chi connectivity index (χ1) is 20.7. The zero-order valence-corrected chi connectivity index (χ0v) is 27.2. The Morgan fingerprint density at radius 2 is 1.21 bits per heavy atom. The predicted molar refractivity (Wildman–Crippen MR) is 176 cm³/mol. The minimum Gasteiger partial charge on any atom is -0.311 e. The maximum Gasteiger partial charge on any atom is 0.240 e. The third-order valence-corrected chi connectivity index (χ3v) is 9.54. The second kappa shape index (κ2) is 16.7. The minimum atomic E-state index is -3.66. The van der Waals surface area contributed by atoms with Crippen molar-refractivity contribution in [2.24, 2.45) is 0 Å². The van der Waals surface area contributed by atoms with Crippen molar-refractivity contribution in [2.75, 3.05) is 26.2 Å². The highest BCUT2D eigenvalue weighted by Crippen LogP contribution is 2.23. The molecule has 7 nitrogen and oxygen atoms in total. The van der Waals surface area contributed by atoms with E-state index in [1.54, 1.807) is 42.6 Å². The number of benzene rings is 3. The van der Waals surface area contributed by atoms with Gasteiger partial charge in [-0.25, -0.2) is 13.1 Å². The summed E-state index contributed by atoms with van der Waals surface area (Å²) in [5.41, 5.74) is 3.77. The van der Waals surface area contributed by atoms with Crippen LogP contribution in [0.4, 0.5) is 0 Å². The van der Waals surface area contributed by atoms with Crippen molar-refractivity contribution >= 4 is 56.4 Å². The summed E-state index contributed by atoms with van der Waals surface area (Å²) in [7, 11) is -3.66. The fraction of sp³-hybridized carbons (Fsp3) is 0.258. The molecule has 3 N–H and O–H groups in total. The second-order valence-electron chi connectivity index (χ2n) is 9.92. The van der Waals surface area contributed by atoms with Gasteiger partial charge in [-0.15, -0.1) is 0 Å². The summed E-state index contributed by atoms with van der Waals surface area (Å²) in [4.78, 5) is 6.69. The molecule has 4 aromatic rings. The van der Waals surface area contributed by atoms with Crippen LogP contribution in [0.25, 0.3) is 0 Å². The first-order valence-corrected chi connectivity index (χ1v) is 16.7. The monoisotopic (exact) mass is 679 g/mol. The van der Waals surface area contributed by atoms with E-state index < -0.39 is 10.0 Å². The molecule has 1 aromatic heterocycles. The average Bonchev–Trinajstić information content (AvgIpc) is 3.00. The van der Waals surface area contributed by atoms with Gasteiger partial charge in [0.05, 0.1) is 37.2 Å². The molecular weight excluding hydrogens is 648 g/mol. The number of rotatable bonds is 16. The standard InChI is InChI=1S/C31H33Cl4N5O2S/c32-28-10-6-24(17-30(28)34)19-36-13-15-40(16-14-37-20-25-7-11-29(33)31(35)18-25)22-23-4-8-27(9-5-23)43(41,42)39-21-26-3-1-2-12-38-26/h1-12,17-18,36-37,39H,13-16,19-22H2. The van der Waals surface area contributed by atoms with Crippen LogP contribution in [0, 0.1) is 0 Å². The Morgan fingerprint density at radius 3 is 1.72 bits per heavy atom. The topological polar surface area (TPSA) is 86.4 Å². The molecule has 0 fully saturated rings. The van der Waals surface area contributed by atoms with Crippen LogP contribution < -0.4 is 15.4 Å². The van der Waals surface area contributed by atoms with Gasteiger partial charge in [-0.1, -0.05) is 76.7 Å². The van der Waals surface area contributed by atoms with Gasteiger partial charge in [-0.2, -0.15) is 0 Å². The van der Waals surface area contributed by atoms with E-state index in [2.05, 4.69) is 25.2 Å². The van der Waals surface area contributed by atoms with Crippen molar-refractivity contribution in [1.82, 2.24) is 25.2 Å². The largest absolute Gasteiger partial charge is 0.311 e. The molecule has 0 aliphatic heterocycles. The molecule has 0 radical (unpaired) electrons. The van der Waals surface area contributed by atoms with Crippen molar-refractivity contribution in [3.8, 4) is 0 Å². The van der Waals surface area contributed by atoms with E-state index in [1.165, 1.54) is 0 Å². The van der Waals surface area contributed by atoms with Gasteiger partial charge in [0.25, 0.3) is 0 Å². The van der Waals surface area contributed by atoms with Crippen LogP contribution in [0.15, 0.2) is 90.0 Å². The van der Waals surface area contributed by atoms with E-state index in [0.29, 0.717) is 45.4 Å². The Morgan fingerprint density at radius 1 is 0.651 bits per heavy atom. The Labute approximate surface area is 273 Å².